The van der Waals surface area contributed by atoms with E-state index in [4.69, 9.17) is 16.1 Å². The zero-order valence-electron chi connectivity index (χ0n) is 16.8. The zero-order valence-corrected chi connectivity index (χ0v) is 17.6. The zero-order chi connectivity index (χ0) is 21.0. The highest BCUT2D eigenvalue weighted by atomic mass is 35.5. The topological polar surface area (TPSA) is 98.5 Å². The van der Waals surface area contributed by atoms with E-state index in [2.05, 4.69) is 15.1 Å². The Labute approximate surface area is 177 Å². The molecule has 4 aromatic rings. The van der Waals surface area contributed by atoms with E-state index in [0.29, 0.717) is 34.6 Å². The Morgan fingerprint density at radius 2 is 2.07 bits per heavy atom. The number of imidazole rings is 1. The molecule has 30 heavy (non-hydrogen) atoms. The minimum absolute atomic E-state index is 0.0623. The predicted octanol–water partition coefficient (Wildman–Crippen LogP) is 4.09. The number of para-hydroxylation sites is 1. The number of hydrogen-bond donors (Lipinski definition) is 1. The van der Waals surface area contributed by atoms with Crippen molar-refractivity contribution in [2.24, 2.45) is 0 Å². The highest BCUT2D eigenvalue weighted by Crippen LogP contribution is 2.38. The van der Waals surface area contributed by atoms with Gasteiger partial charge in [-0.2, -0.15) is 4.98 Å². The van der Waals surface area contributed by atoms with Crippen molar-refractivity contribution in [1.82, 2.24) is 24.1 Å². The summed E-state index contributed by atoms with van der Waals surface area (Å²) in [6.45, 7) is 4.01. The molecule has 156 valence electrons. The van der Waals surface area contributed by atoms with Crippen LogP contribution in [0.15, 0.2) is 33.8 Å². The number of aromatic nitrogens is 5. The van der Waals surface area contributed by atoms with Crippen LogP contribution >= 0.6 is 11.6 Å². The van der Waals surface area contributed by atoms with Crippen LogP contribution < -0.4 is 5.56 Å². The van der Waals surface area contributed by atoms with Crippen LogP contribution in [0.2, 0.25) is 5.02 Å². The maximum atomic E-state index is 13.6. The second-order valence-corrected chi connectivity index (χ2v) is 8.42. The Hall–Kier alpha value is -2.71. The number of rotatable bonds is 4. The summed E-state index contributed by atoms with van der Waals surface area (Å²) in [5.74, 6) is 0.379. The molecule has 1 aliphatic carbocycles. The van der Waals surface area contributed by atoms with Gasteiger partial charge in [0.2, 0.25) is 5.82 Å². The van der Waals surface area contributed by atoms with Gasteiger partial charge in [0.25, 0.3) is 11.4 Å². The Kier molecular flexibility index (Phi) is 4.44. The van der Waals surface area contributed by atoms with Gasteiger partial charge in [0, 0.05) is 6.04 Å². The first-order chi connectivity index (χ1) is 14.4. The molecule has 1 fully saturated rings. The summed E-state index contributed by atoms with van der Waals surface area (Å²) in [6.07, 6.45) is 5.33. The van der Waals surface area contributed by atoms with Crippen molar-refractivity contribution in [1.29, 1.82) is 0 Å². The summed E-state index contributed by atoms with van der Waals surface area (Å²) < 4.78 is 8.81. The first-order valence-electron chi connectivity index (χ1n) is 10.2. The van der Waals surface area contributed by atoms with Crippen molar-refractivity contribution in [3.63, 3.8) is 0 Å². The minimum Gasteiger partial charge on any atom is -0.380 e. The molecular weight excluding hydrogens is 406 g/mol. The number of nitrogens with zero attached hydrogens (tertiary/aromatic N) is 5. The lowest BCUT2D eigenvalue weighted by Gasteiger charge is -2.18. The van der Waals surface area contributed by atoms with Gasteiger partial charge in [-0.05, 0) is 51.2 Å². The molecular formula is C21H22ClN5O3. The fourth-order valence-electron chi connectivity index (χ4n) is 4.34. The van der Waals surface area contributed by atoms with E-state index in [1.165, 1.54) is 0 Å². The van der Waals surface area contributed by atoms with Gasteiger partial charge >= 0.3 is 0 Å². The van der Waals surface area contributed by atoms with Crippen molar-refractivity contribution >= 4 is 28.2 Å². The van der Waals surface area contributed by atoms with Gasteiger partial charge in [-0.15, -0.1) is 0 Å². The molecule has 0 bridgehead atoms. The summed E-state index contributed by atoms with van der Waals surface area (Å²) in [4.78, 5) is 22.4. The second kappa shape index (κ2) is 6.92. The van der Waals surface area contributed by atoms with Crippen molar-refractivity contribution in [3.05, 3.63) is 45.8 Å². The molecule has 3 aromatic heterocycles. The molecule has 0 saturated heterocycles. The predicted molar refractivity (Wildman–Crippen MR) is 113 cm³/mol. The minimum atomic E-state index is -1.10. The SMILES string of the molecule is CCC(C)n1c(=O)c2c(-c3noc(C4(O)CCCC4)n3)ncn2c2cccc(Cl)c21. The van der Waals surface area contributed by atoms with Crippen molar-refractivity contribution in [2.45, 2.75) is 57.6 Å². The molecule has 1 aliphatic rings. The van der Waals surface area contributed by atoms with Crippen molar-refractivity contribution in [3.8, 4) is 11.5 Å². The molecule has 9 heteroatoms. The molecule has 8 nitrogen and oxygen atoms in total. The summed E-state index contributed by atoms with van der Waals surface area (Å²) in [5.41, 5.74) is 0.811. The molecule has 1 N–H and O–H groups in total. The lowest BCUT2D eigenvalue weighted by Crippen LogP contribution is -2.26. The number of fused-ring (bicyclic) bond motifs is 3. The average molecular weight is 428 g/mol. The number of halogens is 1. The lowest BCUT2D eigenvalue weighted by molar-refractivity contribution is 0.0112. The van der Waals surface area contributed by atoms with Gasteiger partial charge < -0.3 is 14.2 Å². The van der Waals surface area contributed by atoms with Crippen LogP contribution in [0.5, 0.6) is 0 Å². The Bertz CT molecular complexity index is 1320. The van der Waals surface area contributed by atoms with Gasteiger partial charge in [0.1, 0.15) is 23.1 Å². The van der Waals surface area contributed by atoms with Crippen LogP contribution in [0, 0.1) is 0 Å². The van der Waals surface area contributed by atoms with Gasteiger partial charge in [-0.25, -0.2) is 4.98 Å². The van der Waals surface area contributed by atoms with Gasteiger partial charge in [-0.1, -0.05) is 29.7 Å². The monoisotopic (exact) mass is 427 g/mol. The van der Waals surface area contributed by atoms with E-state index >= 15 is 0 Å². The Balaban J connectivity index is 1.78. The number of hydrogen-bond acceptors (Lipinski definition) is 6. The molecule has 1 aromatic carbocycles. The van der Waals surface area contributed by atoms with Crippen LogP contribution in [0.1, 0.15) is 57.9 Å². The molecule has 3 heterocycles. The fourth-order valence-corrected chi connectivity index (χ4v) is 4.60. The quantitative estimate of drug-likeness (QED) is 0.526. The van der Waals surface area contributed by atoms with E-state index in [1.807, 2.05) is 26.0 Å². The number of aliphatic hydroxyl groups is 1. The van der Waals surface area contributed by atoms with Crippen LogP contribution in [-0.4, -0.2) is 29.2 Å². The molecule has 0 amide bonds. The standard InChI is InChI=1S/C21H22ClN5O3/c1-3-12(2)27-16-13(22)7-6-8-14(16)26-11-23-15(17(26)19(27)28)18-24-20(30-25-18)21(29)9-4-5-10-21/h6-8,11-12,29H,3-5,9-10H2,1-2H3. The van der Waals surface area contributed by atoms with E-state index in [9.17, 15) is 9.90 Å². The Morgan fingerprint density at radius 1 is 1.30 bits per heavy atom. The van der Waals surface area contributed by atoms with Crippen LogP contribution in [0.4, 0.5) is 0 Å². The van der Waals surface area contributed by atoms with Crippen LogP contribution in [0.25, 0.3) is 28.1 Å². The molecule has 0 radical (unpaired) electrons. The largest absolute Gasteiger partial charge is 0.380 e. The third kappa shape index (κ3) is 2.70. The van der Waals surface area contributed by atoms with E-state index < -0.39 is 5.60 Å². The van der Waals surface area contributed by atoms with E-state index in [1.54, 1.807) is 21.4 Å². The summed E-state index contributed by atoms with van der Waals surface area (Å²) in [7, 11) is 0. The first-order valence-corrected chi connectivity index (χ1v) is 10.6. The summed E-state index contributed by atoms with van der Waals surface area (Å²) in [5, 5.41) is 15.3. The molecule has 0 spiro atoms. The first kappa shape index (κ1) is 19.3. The normalized spacial score (nSPS) is 17.2. The van der Waals surface area contributed by atoms with Crippen molar-refractivity contribution in [2.75, 3.05) is 0 Å². The molecule has 1 unspecified atom stereocenters. The van der Waals surface area contributed by atoms with Crippen LogP contribution in [-0.2, 0) is 5.60 Å². The van der Waals surface area contributed by atoms with Gasteiger partial charge in [0.05, 0.1) is 16.1 Å². The third-order valence-corrected chi connectivity index (χ3v) is 6.46. The third-order valence-electron chi connectivity index (χ3n) is 6.15. The lowest BCUT2D eigenvalue weighted by atomic mass is 10.0. The average Bonchev–Trinajstić information content (AvgIpc) is 3.47. The maximum Gasteiger partial charge on any atom is 0.278 e. The molecule has 1 atom stereocenters. The van der Waals surface area contributed by atoms with E-state index in [-0.39, 0.29) is 23.3 Å². The maximum absolute atomic E-state index is 13.6. The second-order valence-electron chi connectivity index (χ2n) is 8.01. The summed E-state index contributed by atoms with van der Waals surface area (Å²) in [6, 6.07) is 5.46. The highest BCUT2D eigenvalue weighted by Gasteiger charge is 2.39. The molecule has 5 rings (SSSR count). The summed E-state index contributed by atoms with van der Waals surface area (Å²) >= 11 is 6.49. The molecule has 1 saturated carbocycles. The van der Waals surface area contributed by atoms with Gasteiger partial charge in [-0.3, -0.25) is 9.20 Å². The fraction of sp³-hybridized carbons (Fsp3) is 0.429. The highest BCUT2D eigenvalue weighted by molar-refractivity contribution is 6.35. The Morgan fingerprint density at radius 3 is 2.80 bits per heavy atom. The van der Waals surface area contributed by atoms with E-state index in [0.717, 1.165) is 24.8 Å². The number of benzene rings is 1. The van der Waals surface area contributed by atoms with Crippen LogP contribution in [0.3, 0.4) is 0 Å². The smallest absolute Gasteiger partial charge is 0.278 e. The van der Waals surface area contributed by atoms with Crippen molar-refractivity contribution < 1.29 is 9.63 Å². The van der Waals surface area contributed by atoms with Gasteiger partial charge in [0.15, 0.2) is 0 Å². The molecule has 0 aliphatic heterocycles.